The van der Waals surface area contributed by atoms with E-state index >= 15 is 0 Å². The number of rotatable bonds is 3. The van der Waals surface area contributed by atoms with Crippen LogP contribution in [0.5, 0.6) is 5.75 Å². The molecule has 1 aliphatic heterocycles. The number of benzene rings is 1. The van der Waals surface area contributed by atoms with Gasteiger partial charge in [-0.15, -0.1) is 0 Å². The first kappa shape index (κ1) is 13.4. The molecule has 0 spiro atoms. The van der Waals surface area contributed by atoms with Crippen molar-refractivity contribution >= 4 is 10.9 Å². The average molecular weight is 270 g/mol. The molecule has 0 unspecified atom stereocenters. The topological polar surface area (TPSA) is 36.4 Å². The highest BCUT2D eigenvalue weighted by molar-refractivity contribution is 5.80. The van der Waals surface area contributed by atoms with Crippen molar-refractivity contribution in [2.45, 2.75) is 32.7 Å². The number of aromatic hydroxyl groups is 1. The Labute approximate surface area is 120 Å². The van der Waals surface area contributed by atoms with Crippen LogP contribution in [-0.4, -0.2) is 28.1 Å². The summed E-state index contributed by atoms with van der Waals surface area (Å²) in [5.41, 5.74) is 2.09. The van der Waals surface area contributed by atoms with Crippen molar-refractivity contribution in [3.8, 4) is 5.75 Å². The van der Waals surface area contributed by atoms with E-state index in [0.717, 1.165) is 29.1 Å². The van der Waals surface area contributed by atoms with Crippen LogP contribution in [0.2, 0.25) is 0 Å². The maximum absolute atomic E-state index is 9.47. The lowest BCUT2D eigenvalue weighted by molar-refractivity contribution is 0.173. The zero-order valence-corrected chi connectivity index (χ0v) is 12.0. The van der Waals surface area contributed by atoms with Crippen molar-refractivity contribution in [2.24, 2.45) is 5.92 Å². The average Bonchev–Trinajstić information content (AvgIpc) is 2.48. The maximum Gasteiger partial charge on any atom is 0.116 e. The molecule has 106 valence electrons. The number of phenolic OH excluding ortho intramolecular Hbond substituents is 1. The van der Waals surface area contributed by atoms with Crippen molar-refractivity contribution < 1.29 is 5.11 Å². The molecule has 0 bridgehead atoms. The van der Waals surface area contributed by atoms with E-state index in [0.29, 0.717) is 5.75 Å². The molecule has 2 heterocycles. The quantitative estimate of drug-likeness (QED) is 0.926. The summed E-state index contributed by atoms with van der Waals surface area (Å²) in [4.78, 5) is 7.20. The molecule has 20 heavy (non-hydrogen) atoms. The minimum atomic E-state index is 0.300. The Bertz CT molecular complexity index is 589. The smallest absolute Gasteiger partial charge is 0.116 e. The van der Waals surface area contributed by atoms with Crippen LogP contribution in [0.3, 0.4) is 0 Å². The summed E-state index contributed by atoms with van der Waals surface area (Å²) < 4.78 is 0. The molecule has 1 aromatic heterocycles. The number of likely N-dealkylation sites (tertiary alicyclic amines) is 1. The largest absolute Gasteiger partial charge is 0.508 e. The van der Waals surface area contributed by atoms with E-state index in [4.69, 9.17) is 4.98 Å². The van der Waals surface area contributed by atoms with Crippen molar-refractivity contribution in [1.29, 1.82) is 0 Å². The molecular formula is C17H22N2O. The zero-order chi connectivity index (χ0) is 13.9. The van der Waals surface area contributed by atoms with Gasteiger partial charge in [0.1, 0.15) is 5.75 Å². The zero-order valence-electron chi connectivity index (χ0n) is 12.0. The lowest BCUT2D eigenvalue weighted by atomic mass is 9.94. The summed E-state index contributed by atoms with van der Waals surface area (Å²) in [6, 6.07) is 9.48. The van der Waals surface area contributed by atoms with E-state index in [2.05, 4.69) is 24.0 Å². The summed E-state index contributed by atoms with van der Waals surface area (Å²) >= 11 is 0. The molecule has 0 atom stereocenters. The minimum Gasteiger partial charge on any atom is -0.508 e. The summed E-state index contributed by atoms with van der Waals surface area (Å²) in [5.74, 6) is 1.22. The van der Waals surface area contributed by atoms with Gasteiger partial charge >= 0.3 is 0 Å². The Morgan fingerprint density at radius 1 is 1.20 bits per heavy atom. The Morgan fingerprint density at radius 2 is 2.00 bits per heavy atom. The predicted octanol–water partition coefficient (Wildman–Crippen LogP) is 3.56. The molecule has 0 radical (unpaired) electrons. The Hall–Kier alpha value is -1.61. The minimum absolute atomic E-state index is 0.300. The Morgan fingerprint density at radius 3 is 2.75 bits per heavy atom. The first-order valence-corrected chi connectivity index (χ1v) is 7.55. The van der Waals surface area contributed by atoms with E-state index in [1.54, 1.807) is 12.1 Å². The van der Waals surface area contributed by atoms with Crippen LogP contribution in [0, 0.1) is 5.92 Å². The molecule has 3 heteroatoms. The number of aromatic nitrogens is 1. The van der Waals surface area contributed by atoms with Crippen LogP contribution in [0.25, 0.3) is 10.9 Å². The number of pyridine rings is 1. The number of hydrogen-bond acceptors (Lipinski definition) is 3. The van der Waals surface area contributed by atoms with Crippen LogP contribution in [0.1, 0.15) is 31.9 Å². The highest BCUT2D eigenvalue weighted by Crippen LogP contribution is 2.22. The molecule has 1 aliphatic rings. The van der Waals surface area contributed by atoms with Crippen molar-refractivity contribution in [3.05, 3.63) is 36.0 Å². The fourth-order valence-corrected chi connectivity index (χ4v) is 3.03. The number of nitrogens with zero attached hydrogens (tertiary/aromatic N) is 2. The molecule has 2 aromatic rings. The monoisotopic (exact) mass is 270 g/mol. The van der Waals surface area contributed by atoms with Gasteiger partial charge in [-0.25, -0.2) is 0 Å². The molecule has 0 aliphatic carbocycles. The molecule has 3 rings (SSSR count). The van der Waals surface area contributed by atoms with Crippen molar-refractivity contribution in [2.75, 3.05) is 13.1 Å². The van der Waals surface area contributed by atoms with Crippen LogP contribution in [0.4, 0.5) is 0 Å². The number of fused-ring (bicyclic) bond motifs is 1. The van der Waals surface area contributed by atoms with Crippen molar-refractivity contribution in [1.82, 2.24) is 9.88 Å². The van der Waals surface area contributed by atoms with E-state index < -0.39 is 0 Å². The maximum atomic E-state index is 9.47. The second-order valence-electron chi connectivity index (χ2n) is 5.81. The number of piperidine rings is 1. The van der Waals surface area contributed by atoms with Crippen LogP contribution >= 0.6 is 0 Å². The van der Waals surface area contributed by atoms with Crippen molar-refractivity contribution in [3.63, 3.8) is 0 Å². The SMILES string of the molecule is CCC1CCN(Cc2ccc3cc(O)ccc3n2)CC1. The van der Waals surface area contributed by atoms with Gasteiger partial charge in [0.2, 0.25) is 0 Å². The van der Waals surface area contributed by atoms with Gasteiger partial charge in [0.05, 0.1) is 11.2 Å². The molecule has 0 saturated carbocycles. The number of hydrogen-bond donors (Lipinski definition) is 1. The fourth-order valence-electron chi connectivity index (χ4n) is 3.03. The third kappa shape index (κ3) is 2.93. The molecular weight excluding hydrogens is 248 g/mol. The highest BCUT2D eigenvalue weighted by Gasteiger charge is 2.18. The first-order valence-electron chi connectivity index (χ1n) is 7.55. The summed E-state index contributed by atoms with van der Waals surface area (Å²) in [6.45, 7) is 5.61. The third-order valence-corrected chi connectivity index (χ3v) is 4.40. The molecule has 3 nitrogen and oxygen atoms in total. The van der Waals surface area contributed by atoms with Gasteiger partial charge < -0.3 is 5.11 Å². The molecule has 1 saturated heterocycles. The molecule has 0 amide bonds. The van der Waals surface area contributed by atoms with Gasteiger partial charge in [0, 0.05) is 11.9 Å². The van der Waals surface area contributed by atoms with Crippen LogP contribution < -0.4 is 0 Å². The predicted molar refractivity (Wildman–Crippen MR) is 81.7 cm³/mol. The second kappa shape index (κ2) is 5.80. The molecule has 1 N–H and O–H groups in total. The van der Waals surface area contributed by atoms with Gasteiger partial charge in [-0.1, -0.05) is 19.4 Å². The van der Waals surface area contributed by atoms with E-state index in [1.807, 2.05) is 6.07 Å². The van der Waals surface area contributed by atoms with Gasteiger partial charge in [0.25, 0.3) is 0 Å². The number of phenols is 1. The summed E-state index contributed by atoms with van der Waals surface area (Å²) in [7, 11) is 0. The molecule has 1 aromatic carbocycles. The van der Waals surface area contributed by atoms with Crippen LogP contribution in [0.15, 0.2) is 30.3 Å². The lowest BCUT2D eigenvalue weighted by Crippen LogP contribution is -2.33. The summed E-state index contributed by atoms with van der Waals surface area (Å²) in [6.07, 6.45) is 3.95. The van der Waals surface area contributed by atoms with Gasteiger partial charge in [-0.3, -0.25) is 9.88 Å². The Balaban J connectivity index is 1.70. The highest BCUT2D eigenvalue weighted by atomic mass is 16.3. The summed E-state index contributed by atoms with van der Waals surface area (Å²) in [5, 5.41) is 10.5. The van der Waals surface area contributed by atoms with E-state index in [9.17, 15) is 5.11 Å². The third-order valence-electron chi connectivity index (χ3n) is 4.40. The molecule has 1 fully saturated rings. The van der Waals surface area contributed by atoms with E-state index in [1.165, 1.54) is 32.4 Å². The van der Waals surface area contributed by atoms with E-state index in [-0.39, 0.29) is 0 Å². The second-order valence-corrected chi connectivity index (χ2v) is 5.81. The Kier molecular flexibility index (Phi) is 3.88. The van der Waals surface area contributed by atoms with Gasteiger partial charge in [-0.05, 0) is 56.1 Å². The normalized spacial score (nSPS) is 17.6. The standard InChI is InChI=1S/C17H22N2O/c1-2-13-7-9-19(10-8-13)12-15-4-3-14-11-16(20)5-6-17(14)18-15/h3-6,11,13,20H,2,7-10,12H2,1H3. The fraction of sp³-hybridized carbons (Fsp3) is 0.471. The van der Waals surface area contributed by atoms with Gasteiger partial charge in [-0.2, -0.15) is 0 Å². The first-order chi connectivity index (χ1) is 9.74. The lowest BCUT2D eigenvalue weighted by Gasteiger charge is -2.31. The van der Waals surface area contributed by atoms with Gasteiger partial charge in [0.15, 0.2) is 0 Å². The van der Waals surface area contributed by atoms with Crippen LogP contribution in [-0.2, 0) is 6.54 Å².